The molecule has 3 heteroatoms. The van der Waals surface area contributed by atoms with Gasteiger partial charge in [-0.25, -0.2) is 0 Å². The fraction of sp³-hybridized carbons (Fsp3) is 0.478. The fourth-order valence-electron chi connectivity index (χ4n) is 4.28. The van der Waals surface area contributed by atoms with Crippen LogP contribution in [0.2, 0.25) is 0 Å². The molecule has 0 radical (unpaired) electrons. The predicted molar refractivity (Wildman–Crippen MR) is 112 cm³/mol. The molecule has 1 fully saturated rings. The number of quaternary nitrogens is 1. The predicted octanol–water partition coefficient (Wildman–Crippen LogP) is 4.39. The highest BCUT2D eigenvalue weighted by molar-refractivity contribution is 8.00. The van der Waals surface area contributed by atoms with E-state index in [1.807, 2.05) is 0 Å². The van der Waals surface area contributed by atoms with Gasteiger partial charge in [-0.05, 0) is 48.4 Å². The van der Waals surface area contributed by atoms with Gasteiger partial charge in [0.2, 0.25) is 0 Å². The van der Waals surface area contributed by atoms with Crippen LogP contribution in [0.25, 0.3) is 0 Å². The molecule has 0 saturated carbocycles. The molecule has 0 spiro atoms. The third kappa shape index (κ3) is 4.83. The summed E-state index contributed by atoms with van der Waals surface area (Å²) in [6.07, 6.45) is 3.81. The van der Waals surface area contributed by atoms with Crippen molar-refractivity contribution in [1.29, 1.82) is 0 Å². The summed E-state index contributed by atoms with van der Waals surface area (Å²) in [5.74, 6) is 2.19. The number of rotatable bonds is 7. The third-order valence-electron chi connectivity index (χ3n) is 5.59. The molecule has 0 aromatic heterocycles. The van der Waals surface area contributed by atoms with Crippen LogP contribution < -0.4 is 10.1 Å². The van der Waals surface area contributed by atoms with Crippen molar-refractivity contribution < 1.29 is 10.1 Å². The molecule has 2 nitrogen and oxygen atoms in total. The van der Waals surface area contributed by atoms with E-state index in [0.29, 0.717) is 10.2 Å². The highest BCUT2D eigenvalue weighted by atomic mass is 32.2. The Morgan fingerprint density at radius 2 is 1.77 bits per heavy atom. The van der Waals surface area contributed by atoms with E-state index in [9.17, 15) is 0 Å². The first-order valence-electron chi connectivity index (χ1n) is 9.67. The van der Waals surface area contributed by atoms with Crippen molar-refractivity contribution in [1.82, 2.24) is 0 Å². The van der Waals surface area contributed by atoms with Crippen LogP contribution in [0.1, 0.15) is 44.2 Å². The minimum atomic E-state index is 0.326. The number of methoxy groups -OCH3 is 1. The number of benzene rings is 2. The zero-order chi connectivity index (χ0) is 18.5. The van der Waals surface area contributed by atoms with Crippen LogP contribution in [0.5, 0.6) is 5.75 Å². The van der Waals surface area contributed by atoms with E-state index < -0.39 is 0 Å². The molecule has 1 saturated heterocycles. The van der Waals surface area contributed by atoms with E-state index in [1.54, 1.807) is 7.11 Å². The smallest absolute Gasteiger partial charge is 0.118 e. The molecule has 0 amide bonds. The average molecular weight is 371 g/mol. The summed E-state index contributed by atoms with van der Waals surface area (Å²) in [4.78, 5) is 0. The number of thioether (sulfide) groups is 1. The van der Waals surface area contributed by atoms with Crippen LogP contribution in [0, 0.1) is 0 Å². The summed E-state index contributed by atoms with van der Waals surface area (Å²) < 4.78 is 5.61. The summed E-state index contributed by atoms with van der Waals surface area (Å²) >= 11 is 2.13. The van der Waals surface area contributed by atoms with Gasteiger partial charge in [0.25, 0.3) is 0 Å². The van der Waals surface area contributed by atoms with E-state index in [0.717, 1.165) is 12.3 Å². The lowest BCUT2D eigenvalue weighted by Gasteiger charge is -2.45. The standard InChI is InChI=1S/C23H31NOS/c1-22(2)18-23(14-16-26-22,20-7-5-4-6-8-20)13-15-24-17-19-9-11-21(25-3)12-10-19/h4-12,24H,13-18H2,1-3H3/p+1. The number of nitrogens with two attached hydrogens (primary N) is 1. The second-order valence-electron chi connectivity index (χ2n) is 8.06. The molecule has 1 atom stereocenters. The van der Waals surface area contributed by atoms with Crippen molar-refractivity contribution >= 4 is 11.8 Å². The third-order valence-corrected chi connectivity index (χ3v) is 6.92. The van der Waals surface area contributed by atoms with Gasteiger partial charge < -0.3 is 10.1 Å². The maximum absolute atomic E-state index is 5.24. The number of hydrogen-bond acceptors (Lipinski definition) is 2. The maximum atomic E-state index is 5.24. The zero-order valence-electron chi connectivity index (χ0n) is 16.3. The molecule has 0 bridgehead atoms. The van der Waals surface area contributed by atoms with Gasteiger partial charge in [-0.1, -0.05) is 44.2 Å². The molecule has 2 aromatic rings. The molecule has 3 rings (SSSR count). The lowest BCUT2D eigenvalue weighted by Crippen LogP contribution is -2.83. The Kier molecular flexibility index (Phi) is 6.31. The monoisotopic (exact) mass is 370 g/mol. The Labute approximate surface area is 162 Å². The highest BCUT2D eigenvalue weighted by Crippen LogP contribution is 2.48. The van der Waals surface area contributed by atoms with Crippen LogP contribution in [0.3, 0.4) is 0 Å². The minimum Gasteiger partial charge on any atom is -0.497 e. The first kappa shape index (κ1) is 19.3. The van der Waals surface area contributed by atoms with Crippen molar-refractivity contribution in [2.75, 3.05) is 19.4 Å². The molecule has 2 N–H and O–H groups in total. The molecule has 1 heterocycles. The molecule has 1 unspecified atom stereocenters. The lowest BCUT2D eigenvalue weighted by molar-refractivity contribution is -0.671. The van der Waals surface area contributed by atoms with Gasteiger partial charge in [-0.2, -0.15) is 11.8 Å². The topological polar surface area (TPSA) is 25.8 Å². The van der Waals surface area contributed by atoms with E-state index in [1.165, 1.54) is 42.7 Å². The van der Waals surface area contributed by atoms with Crippen molar-refractivity contribution in [2.24, 2.45) is 0 Å². The van der Waals surface area contributed by atoms with E-state index in [4.69, 9.17) is 4.74 Å². The summed E-state index contributed by atoms with van der Waals surface area (Å²) in [6, 6.07) is 19.7. The molecule has 1 aliphatic heterocycles. The Bertz CT molecular complexity index is 683. The molecule has 140 valence electrons. The Balaban J connectivity index is 1.63. The van der Waals surface area contributed by atoms with Gasteiger partial charge in [0.1, 0.15) is 12.3 Å². The van der Waals surface area contributed by atoms with E-state index in [-0.39, 0.29) is 0 Å². The van der Waals surface area contributed by atoms with E-state index >= 15 is 0 Å². The van der Waals surface area contributed by atoms with E-state index in [2.05, 4.69) is 85.5 Å². The SMILES string of the molecule is COc1ccc(C[NH2+]CCC2(c3ccccc3)CCSC(C)(C)C2)cc1. The van der Waals surface area contributed by atoms with Crippen LogP contribution in [0.15, 0.2) is 54.6 Å². The Hall–Kier alpha value is -1.45. The average Bonchev–Trinajstić information content (AvgIpc) is 2.66. The van der Waals surface area contributed by atoms with Crippen molar-refractivity contribution in [3.05, 3.63) is 65.7 Å². The lowest BCUT2D eigenvalue weighted by atomic mass is 9.69. The first-order chi connectivity index (χ1) is 12.5. The van der Waals surface area contributed by atoms with Crippen LogP contribution in [-0.2, 0) is 12.0 Å². The quantitative estimate of drug-likeness (QED) is 0.731. The fourth-order valence-corrected chi connectivity index (χ4v) is 5.71. The largest absolute Gasteiger partial charge is 0.497 e. The van der Waals surface area contributed by atoms with Gasteiger partial charge in [-0.3, -0.25) is 0 Å². The normalized spacial score (nSPS) is 22.1. The van der Waals surface area contributed by atoms with Gasteiger partial charge in [0.15, 0.2) is 0 Å². The summed E-state index contributed by atoms with van der Waals surface area (Å²) in [5, 5.41) is 2.46. The summed E-state index contributed by atoms with van der Waals surface area (Å²) in [5.41, 5.74) is 3.22. The highest BCUT2D eigenvalue weighted by Gasteiger charge is 2.41. The molecule has 26 heavy (non-hydrogen) atoms. The first-order valence-corrected chi connectivity index (χ1v) is 10.7. The number of ether oxygens (including phenoxy) is 1. The summed E-state index contributed by atoms with van der Waals surface area (Å²) in [6.45, 7) is 7.03. The molecular formula is C23H32NOS+. The van der Waals surface area contributed by atoms with Gasteiger partial charge in [0.05, 0.1) is 13.7 Å². The zero-order valence-corrected chi connectivity index (χ0v) is 17.1. The molecular weight excluding hydrogens is 338 g/mol. The van der Waals surface area contributed by atoms with Crippen LogP contribution >= 0.6 is 11.8 Å². The van der Waals surface area contributed by atoms with Gasteiger partial charge in [0, 0.05) is 22.1 Å². The van der Waals surface area contributed by atoms with Crippen LogP contribution in [-0.4, -0.2) is 24.2 Å². The molecule has 0 aliphatic carbocycles. The molecule has 2 aromatic carbocycles. The minimum absolute atomic E-state index is 0.326. The van der Waals surface area contributed by atoms with Crippen molar-refractivity contribution in [3.8, 4) is 5.75 Å². The second-order valence-corrected chi connectivity index (χ2v) is 9.86. The Morgan fingerprint density at radius 3 is 2.42 bits per heavy atom. The van der Waals surface area contributed by atoms with Crippen molar-refractivity contribution in [2.45, 2.75) is 49.8 Å². The summed E-state index contributed by atoms with van der Waals surface area (Å²) in [7, 11) is 1.72. The Morgan fingerprint density at radius 1 is 1.04 bits per heavy atom. The maximum Gasteiger partial charge on any atom is 0.118 e. The van der Waals surface area contributed by atoms with Crippen molar-refractivity contribution in [3.63, 3.8) is 0 Å². The number of hydrogen-bond donors (Lipinski definition) is 1. The molecule has 1 aliphatic rings. The van der Waals surface area contributed by atoms with Gasteiger partial charge >= 0.3 is 0 Å². The second kappa shape index (κ2) is 8.49. The van der Waals surface area contributed by atoms with Gasteiger partial charge in [-0.15, -0.1) is 0 Å². The van der Waals surface area contributed by atoms with Crippen LogP contribution in [0.4, 0.5) is 0 Å².